The highest BCUT2D eigenvalue weighted by Gasteiger charge is 2.41. The third-order valence-corrected chi connectivity index (χ3v) is 6.85. The third-order valence-electron chi connectivity index (χ3n) is 4.47. The highest BCUT2D eigenvalue weighted by atomic mass is 35.5. The van der Waals surface area contributed by atoms with Gasteiger partial charge in [0.15, 0.2) is 5.17 Å². The lowest BCUT2D eigenvalue weighted by molar-refractivity contribution is -0.115. The van der Waals surface area contributed by atoms with Crippen molar-refractivity contribution >= 4 is 74.7 Å². The minimum absolute atomic E-state index is 0.162. The van der Waals surface area contributed by atoms with Gasteiger partial charge in [-0.15, -0.1) is 0 Å². The van der Waals surface area contributed by atoms with E-state index in [2.05, 4.69) is 0 Å². The van der Waals surface area contributed by atoms with Gasteiger partial charge in [0.2, 0.25) is 11.6 Å². The number of para-hydroxylation sites is 2. The Bertz CT molecular complexity index is 1080. The van der Waals surface area contributed by atoms with E-state index in [4.69, 9.17) is 39.8 Å². The number of benzene rings is 2. The standard InChI is InChI=1S/C21H13Cl3N2O2S/c22-16-15(19(27)17(23)18(24)20(16)28)14-11-26(13-9-5-2-6-10-13)21(29-14)25-12-7-3-1-4-8-12/h1-10,14H,11H2. The van der Waals surface area contributed by atoms with Crippen LogP contribution in [0, 0.1) is 0 Å². The van der Waals surface area contributed by atoms with E-state index in [1.54, 1.807) is 0 Å². The number of aliphatic imine (C=N–C) groups is 1. The average molecular weight is 464 g/mol. The molecule has 29 heavy (non-hydrogen) atoms. The Morgan fingerprint density at radius 2 is 1.41 bits per heavy atom. The van der Waals surface area contributed by atoms with Crippen molar-refractivity contribution in [2.24, 2.45) is 4.99 Å². The molecule has 2 aromatic carbocycles. The van der Waals surface area contributed by atoms with Crippen molar-refractivity contribution in [2.45, 2.75) is 5.25 Å². The SMILES string of the molecule is O=C1C(Cl)=C(Cl)C(=O)C(C2CN(c3ccccc3)C(=Nc3ccccc3)S2)=C1Cl. The Kier molecular flexibility index (Phi) is 5.83. The highest BCUT2D eigenvalue weighted by molar-refractivity contribution is 8.15. The molecule has 0 radical (unpaired) electrons. The fraction of sp³-hybridized carbons (Fsp3) is 0.0952. The van der Waals surface area contributed by atoms with Gasteiger partial charge >= 0.3 is 0 Å². The summed E-state index contributed by atoms with van der Waals surface area (Å²) < 4.78 is 0. The van der Waals surface area contributed by atoms with E-state index < -0.39 is 16.8 Å². The zero-order chi connectivity index (χ0) is 20.5. The molecule has 2 aromatic rings. The number of Topliss-reactive ketones (excluding diaryl/α,β-unsaturated/α-hetero) is 2. The molecule has 0 saturated carbocycles. The molecule has 0 amide bonds. The number of carbonyl (C=O) groups excluding carboxylic acids is 2. The average Bonchev–Trinajstić information content (AvgIpc) is 3.15. The third kappa shape index (κ3) is 3.88. The minimum atomic E-state index is -0.631. The number of nitrogens with zero attached hydrogens (tertiary/aromatic N) is 2. The van der Waals surface area contributed by atoms with Gasteiger partial charge in [-0.2, -0.15) is 0 Å². The van der Waals surface area contributed by atoms with Gasteiger partial charge < -0.3 is 4.90 Å². The molecule has 1 aliphatic heterocycles. The summed E-state index contributed by atoms with van der Waals surface area (Å²) in [5, 5.41) is -0.541. The van der Waals surface area contributed by atoms with Crippen LogP contribution in [-0.4, -0.2) is 28.5 Å². The molecule has 1 fully saturated rings. The smallest absolute Gasteiger partial charge is 0.217 e. The number of amidine groups is 1. The lowest BCUT2D eigenvalue weighted by atomic mass is 9.99. The van der Waals surface area contributed by atoms with Crippen LogP contribution < -0.4 is 4.90 Å². The second kappa shape index (κ2) is 8.36. The molecule has 1 atom stereocenters. The second-order valence-electron chi connectivity index (χ2n) is 6.30. The normalized spacial score (nSPS) is 21.6. The highest BCUT2D eigenvalue weighted by Crippen LogP contribution is 2.41. The number of hydrogen-bond donors (Lipinski definition) is 0. The lowest BCUT2D eigenvalue weighted by Gasteiger charge is -2.20. The Morgan fingerprint density at radius 3 is 2.07 bits per heavy atom. The number of thioether (sulfide) groups is 1. The topological polar surface area (TPSA) is 49.7 Å². The quantitative estimate of drug-likeness (QED) is 0.554. The number of anilines is 1. The van der Waals surface area contributed by atoms with E-state index in [9.17, 15) is 9.59 Å². The Morgan fingerprint density at radius 1 is 0.828 bits per heavy atom. The van der Waals surface area contributed by atoms with Crippen LogP contribution in [0.1, 0.15) is 0 Å². The van der Waals surface area contributed by atoms with E-state index in [1.165, 1.54) is 11.8 Å². The van der Waals surface area contributed by atoms with Gasteiger partial charge in [-0.05, 0) is 24.3 Å². The van der Waals surface area contributed by atoms with E-state index in [1.807, 2.05) is 65.6 Å². The molecule has 0 aromatic heterocycles. The first-order valence-electron chi connectivity index (χ1n) is 8.64. The summed E-state index contributed by atoms with van der Waals surface area (Å²) in [5.74, 6) is -1.15. The summed E-state index contributed by atoms with van der Waals surface area (Å²) >= 11 is 19.5. The fourth-order valence-corrected chi connectivity index (χ4v) is 5.15. The van der Waals surface area contributed by atoms with E-state index >= 15 is 0 Å². The number of halogens is 3. The lowest BCUT2D eigenvalue weighted by Crippen LogP contribution is -2.29. The molecule has 0 spiro atoms. The first kappa shape index (κ1) is 20.2. The van der Waals surface area contributed by atoms with Crippen molar-refractivity contribution in [2.75, 3.05) is 11.4 Å². The first-order chi connectivity index (χ1) is 14.0. The van der Waals surface area contributed by atoms with Crippen LogP contribution in [0.3, 0.4) is 0 Å². The molecule has 8 heteroatoms. The molecule has 2 aliphatic rings. The zero-order valence-electron chi connectivity index (χ0n) is 14.8. The van der Waals surface area contributed by atoms with Crippen molar-refractivity contribution in [3.05, 3.63) is 81.3 Å². The molecule has 0 N–H and O–H groups in total. The van der Waals surface area contributed by atoms with Crippen LogP contribution in [-0.2, 0) is 9.59 Å². The van der Waals surface area contributed by atoms with E-state index in [-0.39, 0.29) is 20.7 Å². The second-order valence-corrected chi connectivity index (χ2v) is 8.60. The molecule has 1 saturated heterocycles. The minimum Gasteiger partial charge on any atom is -0.319 e. The maximum Gasteiger partial charge on any atom is 0.217 e. The van der Waals surface area contributed by atoms with Crippen molar-refractivity contribution in [1.29, 1.82) is 0 Å². The fourth-order valence-electron chi connectivity index (χ4n) is 3.07. The summed E-state index contributed by atoms with van der Waals surface area (Å²) in [6.45, 7) is 0.409. The summed E-state index contributed by atoms with van der Waals surface area (Å²) in [4.78, 5) is 31.8. The molecule has 1 heterocycles. The molecule has 146 valence electrons. The number of ketones is 2. The van der Waals surface area contributed by atoms with Gasteiger partial charge in [0, 0.05) is 17.8 Å². The van der Waals surface area contributed by atoms with Gasteiger partial charge in [-0.1, -0.05) is 83.0 Å². The van der Waals surface area contributed by atoms with Crippen LogP contribution in [0.4, 0.5) is 11.4 Å². The van der Waals surface area contributed by atoms with Crippen molar-refractivity contribution in [3.8, 4) is 0 Å². The van der Waals surface area contributed by atoms with Gasteiger partial charge in [-0.3, -0.25) is 9.59 Å². The summed E-state index contributed by atoms with van der Waals surface area (Å²) in [6.07, 6.45) is 0. The van der Waals surface area contributed by atoms with Crippen LogP contribution >= 0.6 is 46.6 Å². The summed E-state index contributed by atoms with van der Waals surface area (Å²) in [7, 11) is 0. The molecule has 1 unspecified atom stereocenters. The maximum absolute atomic E-state index is 12.7. The van der Waals surface area contributed by atoms with Crippen LogP contribution in [0.2, 0.25) is 0 Å². The van der Waals surface area contributed by atoms with Crippen LogP contribution in [0.15, 0.2) is 86.3 Å². The van der Waals surface area contributed by atoms with Gasteiger partial charge in [0.25, 0.3) is 0 Å². The Balaban J connectivity index is 1.75. The Hall–Kier alpha value is -2.05. The van der Waals surface area contributed by atoms with E-state index in [0.29, 0.717) is 11.7 Å². The van der Waals surface area contributed by atoms with Crippen molar-refractivity contribution in [3.63, 3.8) is 0 Å². The molecular weight excluding hydrogens is 451 g/mol. The molecule has 4 nitrogen and oxygen atoms in total. The van der Waals surface area contributed by atoms with Gasteiger partial charge in [0.05, 0.1) is 16.0 Å². The summed E-state index contributed by atoms with van der Waals surface area (Å²) in [5.41, 5.74) is 1.86. The van der Waals surface area contributed by atoms with Crippen molar-refractivity contribution < 1.29 is 9.59 Å². The van der Waals surface area contributed by atoms with Gasteiger partial charge in [-0.25, -0.2) is 4.99 Å². The zero-order valence-corrected chi connectivity index (χ0v) is 17.9. The molecular formula is C21H13Cl3N2O2S. The number of carbonyl (C=O) groups is 2. The number of hydrogen-bond acceptors (Lipinski definition) is 4. The summed E-state index contributed by atoms with van der Waals surface area (Å²) in [6, 6.07) is 19.2. The molecule has 0 bridgehead atoms. The van der Waals surface area contributed by atoms with Gasteiger partial charge in [0.1, 0.15) is 10.1 Å². The van der Waals surface area contributed by atoms with E-state index in [0.717, 1.165) is 11.4 Å². The van der Waals surface area contributed by atoms with Crippen LogP contribution in [0.25, 0.3) is 0 Å². The monoisotopic (exact) mass is 462 g/mol. The maximum atomic E-state index is 12.7. The number of allylic oxidation sites excluding steroid dienone is 3. The van der Waals surface area contributed by atoms with Crippen LogP contribution in [0.5, 0.6) is 0 Å². The first-order valence-corrected chi connectivity index (χ1v) is 10.7. The predicted octanol–water partition coefficient (Wildman–Crippen LogP) is 5.63. The number of rotatable bonds is 3. The molecule has 1 aliphatic carbocycles. The molecule has 4 rings (SSSR count). The van der Waals surface area contributed by atoms with Crippen molar-refractivity contribution in [1.82, 2.24) is 0 Å². The largest absolute Gasteiger partial charge is 0.319 e. The Labute approximate surface area is 186 Å². The predicted molar refractivity (Wildman–Crippen MR) is 120 cm³/mol.